The molecule has 0 saturated heterocycles. The number of rotatable bonds is 4. The molecular weight excluding hydrogens is 523 g/mol. The number of aromatic nitrogens is 1. The second kappa shape index (κ2) is 8.92. The van der Waals surface area contributed by atoms with Crippen LogP contribution in [-0.4, -0.2) is 4.57 Å². The van der Waals surface area contributed by atoms with E-state index in [1.54, 1.807) is 11.3 Å². The van der Waals surface area contributed by atoms with Gasteiger partial charge in [0.25, 0.3) is 0 Å². The van der Waals surface area contributed by atoms with Gasteiger partial charge in [0, 0.05) is 36.5 Å². The number of para-hydroxylation sites is 1. The lowest BCUT2D eigenvalue weighted by Gasteiger charge is -2.22. The van der Waals surface area contributed by atoms with Gasteiger partial charge in [-0.3, -0.25) is 0 Å². The van der Waals surface area contributed by atoms with E-state index < -0.39 is 0 Å². The molecule has 1 aliphatic carbocycles. The fraction of sp³-hybridized carbons (Fsp3) is 0.0811. The molecule has 192 valence electrons. The van der Waals surface area contributed by atoms with Crippen LogP contribution in [0.4, 0.5) is 0 Å². The molecule has 4 aromatic carbocycles. The Bertz CT molecular complexity index is 2080. The van der Waals surface area contributed by atoms with Gasteiger partial charge in [-0.05, 0) is 93.9 Å². The Morgan fingerprint density at radius 3 is 2.33 bits per heavy atom. The quantitative estimate of drug-likeness (QED) is 0.206. The number of benzene rings is 4. The van der Waals surface area contributed by atoms with Crippen LogP contribution in [0.15, 0.2) is 115 Å². The van der Waals surface area contributed by atoms with Crippen molar-refractivity contribution in [3.8, 4) is 27.3 Å². The van der Waals surface area contributed by atoms with Crippen molar-refractivity contribution in [2.24, 2.45) is 0 Å². The van der Waals surface area contributed by atoms with Gasteiger partial charge in [0.1, 0.15) is 0 Å². The summed E-state index contributed by atoms with van der Waals surface area (Å²) < 4.78 is 2.44. The summed E-state index contributed by atoms with van der Waals surface area (Å²) in [7, 11) is 0. The summed E-state index contributed by atoms with van der Waals surface area (Å²) in [4.78, 5) is 3.84. The standard InChI is InChI=1S/C37H27NS2/c1-37(2)32-11-5-3-9-28(32)29-18-14-25(23-33(29)37)38-34-12-6-4-10-30(34)31-22-24(13-19-35(31)38)36-20-17-27(40-36)16-15-26-8-7-21-39-26/h3-23H,1-2H3. The van der Waals surface area contributed by atoms with E-state index in [0.717, 1.165) is 0 Å². The molecule has 0 fully saturated rings. The highest BCUT2D eigenvalue weighted by atomic mass is 32.1. The average Bonchev–Trinajstić information content (AvgIpc) is 3.77. The molecule has 0 atom stereocenters. The lowest BCUT2D eigenvalue weighted by Crippen LogP contribution is -2.15. The zero-order valence-electron chi connectivity index (χ0n) is 22.4. The predicted octanol–water partition coefficient (Wildman–Crippen LogP) is 11.1. The number of fused-ring (bicyclic) bond motifs is 6. The molecule has 40 heavy (non-hydrogen) atoms. The van der Waals surface area contributed by atoms with Gasteiger partial charge in [0.05, 0.1) is 11.0 Å². The van der Waals surface area contributed by atoms with Crippen LogP contribution in [0.5, 0.6) is 0 Å². The third-order valence-electron chi connectivity index (χ3n) is 8.36. The van der Waals surface area contributed by atoms with E-state index >= 15 is 0 Å². The average molecular weight is 550 g/mol. The molecule has 0 aliphatic heterocycles. The highest BCUT2D eigenvalue weighted by molar-refractivity contribution is 7.16. The van der Waals surface area contributed by atoms with E-state index in [1.807, 2.05) is 11.3 Å². The fourth-order valence-electron chi connectivity index (χ4n) is 6.38. The van der Waals surface area contributed by atoms with Crippen molar-refractivity contribution in [3.63, 3.8) is 0 Å². The van der Waals surface area contributed by atoms with Crippen LogP contribution in [0, 0.1) is 0 Å². The first-order valence-electron chi connectivity index (χ1n) is 13.7. The molecule has 0 N–H and O–H groups in total. The summed E-state index contributed by atoms with van der Waals surface area (Å²) in [6.07, 6.45) is 4.42. The number of nitrogens with zero attached hydrogens (tertiary/aromatic N) is 1. The van der Waals surface area contributed by atoms with E-state index in [4.69, 9.17) is 0 Å². The van der Waals surface area contributed by atoms with Crippen molar-refractivity contribution < 1.29 is 0 Å². The van der Waals surface area contributed by atoms with Crippen molar-refractivity contribution in [1.82, 2.24) is 4.57 Å². The van der Waals surface area contributed by atoms with Crippen LogP contribution in [0.2, 0.25) is 0 Å². The van der Waals surface area contributed by atoms with Gasteiger partial charge in [0.2, 0.25) is 0 Å². The molecule has 0 saturated carbocycles. The smallest absolute Gasteiger partial charge is 0.0541 e. The Kier molecular flexibility index (Phi) is 5.28. The first kappa shape index (κ1) is 23.7. The monoisotopic (exact) mass is 549 g/mol. The van der Waals surface area contributed by atoms with Crippen LogP contribution < -0.4 is 0 Å². The van der Waals surface area contributed by atoms with Gasteiger partial charge in [-0.15, -0.1) is 22.7 Å². The van der Waals surface area contributed by atoms with Gasteiger partial charge < -0.3 is 4.57 Å². The Labute approximate surface area is 242 Å². The molecule has 1 nitrogen and oxygen atoms in total. The summed E-state index contributed by atoms with van der Waals surface area (Å²) in [5, 5.41) is 4.70. The largest absolute Gasteiger partial charge is 0.309 e. The summed E-state index contributed by atoms with van der Waals surface area (Å²) in [6.45, 7) is 4.70. The second-order valence-corrected chi connectivity index (χ2v) is 13.1. The first-order chi connectivity index (χ1) is 19.6. The van der Waals surface area contributed by atoms with E-state index in [9.17, 15) is 0 Å². The summed E-state index contributed by atoms with van der Waals surface area (Å²) in [6, 6.07) is 40.4. The Morgan fingerprint density at radius 1 is 0.625 bits per heavy atom. The molecule has 8 rings (SSSR count). The van der Waals surface area contributed by atoms with Crippen molar-refractivity contribution in [2.75, 3.05) is 0 Å². The minimum Gasteiger partial charge on any atom is -0.309 e. The minimum atomic E-state index is -0.0251. The highest BCUT2D eigenvalue weighted by Crippen LogP contribution is 2.49. The van der Waals surface area contributed by atoms with Gasteiger partial charge >= 0.3 is 0 Å². The molecule has 0 amide bonds. The summed E-state index contributed by atoms with van der Waals surface area (Å²) >= 11 is 3.61. The zero-order chi connectivity index (χ0) is 26.8. The topological polar surface area (TPSA) is 4.93 Å². The van der Waals surface area contributed by atoms with Crippen LogP contribution in [0.3, 0.4) is 0 Å². The zero-order valence-corrected chi connectivity index (χ0v) is 24.0. The maximum absolute atomic E-state index is 2.44. The second-order valence-electron chi connectivity index (χ2n) is 11.0. The third kappa shape index (κ3) is 3.58. The third-order valence-corrected chi connectivity index (χ3v) is 10.3. The van der Waals surface area contributed by atoms with Gasteiger partial charge in [-0.1, -0.05) is 74.5 Å². The van der Waals surface area contributed by atoms with Crippen LogP contribution >= 0.6 is 22.7 Å². The molecular formula is C37H27NS2. The molecule has 3 heteroatoms. The van der Waals surface area contributed by atoms with Gasteiger partial charge in [-0.2, -0.15) is 0 Å². The molecule has 3 aromatic heterocycles. The Hall–Kier alpha value is -4.18. The normalized spacial score (nSPS) is 13.8. The molecule has 0 radical (unpaired) electrons. The maximum atomic E-state index is 2.44. The van der Waals surface area contributed by atoms with Crippen molar-refractivity contribution >= 4 is 56.6 Å². The van der Waals surface area contributed by atoms with Crippen molar-refractivity contribution in [3.05, 3.63) is 135 Å². The van der Waals surface area contributed by atoms with Crippen LogP contribution in [-0.2, 0) is 5.41 Å². The molecule has 0 spiro atoms. The molecule has 0 bridgehead atoms. The fourth-order valence-corrected chi connectivity index (χ4v) is 7.91. The van der Waals surface area contributed by atoms with Crippen molar-refractivity contribution in [1.29, 1.82) is 0 Å². The highest BCUT2D eigenvalue weighted by Gasteiger charge is 2.35. The molecule has 7 aromatic rings. The molecule has 3 heterocycles. The lowest BCUT2D eigenvalue weighted by atomic mass is 9.82. The molecule has 1 aliphatic rings. The molecule has 0 unspecified atom stereocenters. The van der Waals surface area contributed by atoms with Crippen LogP contribution in [0.25, 0.3) is 61.2 Å². The Morgan fingerprint density at radius 2 is 1.43 bits per heavy atom. The number of hydrogen-bond donors (Lipinski definition) is 0. The van der Waals surface area contributed by atoms with Gasteiger partial charge in [0.15, 0.2) is 0 Å². The number of thiophene rings is 2. The van der Waals surface area contributed by atoms with Crippen molar-refractivity contribution in [2.45, 2.75) is 19.3 Å². The number of hydrogen-bond acceptors (Lipinski definition) is 2. The lowest BCUT2D eigenvalue weighted by molar-refractivity contribution is 0.660. The van der Waals surface area contributed by atoms with E-state index in [0.29, 0.717) is 0 Å². The minimum absolute atomic E-state index is 0.0251. The van der Waals surface area contributed by atoms with Crippen LogP contribution in [0.1, 0.15) is 34.7 Å². The first-order valence-corrected chi connectivity index (χ1v) is 15.4. The Balaban J connectivity index is 1.25. The summed E-state index contributed by atoms with van der Waals surface area (Å²) in [5.74, 6) is 0. The van der Waals surface area contributed by atoms with E-state index in [-0.39, 0.29) is 5.41 Å². The maximum Gasteiger partial charge on any atom is 0.0541 e. The van der Waals surface area contributed by atoms with Gasteiger partial charge in [-0.25, -0.2) is 0 Å². The summed E-state index contributed by atoms with van der Waals surface area (Å²) in [5.41, 5.74) is 10.5. The van der Waals surface area contributed by atoms with E-state index in [1.165, 1.54) is 69.9 Å². The SMILES string of the molecule is CC1(C)c2ccccc2-c2ccc(-n3c4ccccc4c4cc(-c5ccc(C=Cc6cccs6)s5)ccc43)cc21. The van der Waals surface area contributed by atoms with E-state index in [2.05, 4.69) is 145 Å². The predicted molar refractivity (Wildman–Crippen MR) is 175 cm³/mol.